The number of piperazine rings is 1. The number of carbonyl (C=O) groups is 1. The minimum Gasteiger partial charge on any atom is -0.335 e. The fourth-order valence-corrected chi connectivity index (χ4v) is 4.60. The van der Waals surface area contributed by atoms with Crippen LogP contribution in [0, 0.1) is 0 Å². The number of carbonyl (C=O) groups excluding carboxylic acids is 1. The van der Waals surface area contributed by atoms with E-state index in [1.54, 1.807) is 11.6 Å². The molecule has 1 aromatic carbocycles. The highest BCUT2D eigenvalue weighted by Gasteiger charge is 2.28. The van der Waals surface area contributed by atoms with Crippen LogP contribution in [0.4, 0.5) is 4.79 Å². The van der Waals surface area contributed by atoms with Gasteiger partial charge in [0.25, 0.3) is 5.56 Å². The van der Waals surface area contributed by atoms with E-state index in [0.717, 1.165) is 37.3 Å². The number of nitrogens with zero attached hydrogens (tertiary/aromatic N) is 4. The SMILES string of the molecule is CC(c1nc2ccccc2c(=O)n1C)N1CCN(C(=O)NC2CCCCC2)CC1. The molecule has 1 saturated carbocycles. The Morgan fingerprint density at radius 3 is 2.52 bits per heavy atom. The molecule has 1 aromatic heterocycles. The molecule has 2 heterocycles. The zero-order valence-corrected chi connectivity index (χ0v) is 17.4. The predicted molar refractivity (Wildman–Crippen MR) is 114 cm³/mol. The number of hydrogen-bond acceptors (Lipinski definition) is 4. The number of fused-ring (bicyclic) bond motifs is 1. The fourth-order valence-electron chi connectivity index (χ4n) is 4.60. The van der Waals surface area contributed by atoms with E-state index in [9.17, 15) is 9.59 Å². The largest absolute Gasteiger partial charge is 0.335 e. The lowest BCUT2D eigenvalue weighted by molar-refractivity contribution is 0.107. The van der Waals surface area contributed by atoms with Gasteiger partial charge in [-0.15, -0.1) is 0 Å². The monoisotopic (exact) mass is 397 g/mol. The van der Waals surface area contributed by atoms with E-state index in [1.807, 2.05) is 29.2 Å². The van der Waals surface area contributed by atoms with Crippen molar-refractivity contribution in [3.8, 4) is 0 Å². The first kappa shape index (κ1) is 19.9. The molecule has 1 unspecified atom stereocenters. The number of aromatic nitrogens is 2. The number of para-hydroxylation sites is 1. The molecule has 2 fully saturated rings. The average molecular weight is 398 g/mol. The molecule has 1 atom stereocenters. The lowest BCUT2D eigenvalue weighted by atomic mass is 9.96. The van der Waals surface area contributed by atoms with E-state index < -0.39 is 0 Å². The van der Waals surface area contributed by atoms with Crippen molar-refractivity contribution in [1.29, 1.82) is 0 Å². The van der Waals surface area contributed by atoms with Crippen LogP contribution in [0.15, 0.2) is 29.1 Å². The van der Waals surface area contributed by atoms with Crippen molar-refractivity contribution in [2.45, 2.75) is 51.1 Å². The summed E-state index contributed by atoms with van der Waals surface area (Å²) in [6, 6.07) is 7.91. The Morgan fingerprint density at radius 1 is 1.10 bits per heavy atom. The Kier molecular flexibility index (Phi) is 5.85. The summed E-state index contributed by atoms with van der Waals surface area (Å²) < 4.78 is 1.66. The van der Waals surface area contributed by atoms with Crippen molar-refractivity contribution in [3.05, 3.63) is 40.4 Å². The lowest BCUT2D eigenvalue weighted by Crippen LogP contribution is -2.54. The van der Waals surface area contributed by atoms with Crippen LogP contribution in [-0.2, 0) is 7.05 Å². The van der Waals surface area contributed by atoms with Crippen LogP contribution in [0.1, 0.15) is 50.9 Å². The molecular formula is C22H31N5O2. The standard InChI is InChI=1S/C22H31N5O2/c1-16(20-24-19-11-7-6-10-18(19)21(28)25(20)2)26-12-14-27(15-13-26)22(29)23-17-8-4-3-5-9-17/h6-7,10-11,16-17H,3-5,8-9,12-15H2,1-2H3,(H,23,29). The molecule has 156 valence electrons. The van der Waals surface area contributed by atoms with Crippen molar-refractivity contribution < 1.29 is 4.79 Å². The van der Waals surface area contributed by atoms with E-state index >= 15 is 0 Å². The molecule has 0 spiro atoms. The van der Waals surface area contributed by atoms with Crippen LogP contribution in [0.2, 0.25) is 0 Å². The summed E-state index contributed by atoms with van der Waals surface area (Å²) in [7, 11) is 1.79. The maximum Gasteiger partial charge on any atom is 0.317 e. The fraction of sp³-hybridized carbons (Fsp3) is 0.591. The van der Waals surface area contributed by atoms with Gasteiger partial charge in [0.1, 0.15) is 5.82 Å². The topological polar surface area (TPSA) is 70.5 Å². The van der Waals surface area contributed by atoms with Gasteiger partial charge in [-0.25, -0.2) is 9.78 Å². The van der Waals surface area contributed by atoms with Crippen LogP contribution in [0.5, 0.6) is 0 Å². The van der Waals surface area contributed by atoms with E-state index in [0.29, 0.717) is 24.5 Å². The summed E-state index contributed by atoms with van der Waals surface area (Å²) in [4.78, 5) is 34.3. The number of rotatable bonds is 3. The maximum absolute atomic E-state index is 12.7. The van der Waals surface area contributed by atoms with Gasteiger partial charge >= 0.3 is 6.03 Å². The Hall–Kier alpha value is -2.41. The number of benzene rings is 1. The Morgan fingerprint density at radius 2 is 1.79 bits per heavy atom. The second-order valence-electron chi connectivity index (χ2n) is 8.33. The van der Waals surface area contributed by atoms with Gasteiger partial charge in [0.15, 0.2) is 0 Å². The Labute approximate surface area is 171 Å². The molecule has 1 aliphatic heterocycles. The molecule has 29 heavy (non-hydrogen) atoms. The first-order valence-corrected chi connectivity index (χ1v) is 10.8. The lowest BCUT2D eigenvalue weighted by Gasteiger charge is -2.38. The normalized spacial score (nSPS) is 20.0. The molecule has 2 aromatic rings. The molecule has 1 saturated heterocycles. The molecule has 7 heteroatoms. The predicted octanol–water partition coefficient (Wildman–Crippen LogP) is 2.65. The molecule has 4 rings (SSSR count). The number of amides is 2. The van der Waals surface area contributed by atoms with Gasteiger partial charge in [0.2, 0.25) is 0 Å². The molecule has 0 bridgehead atoms. The van der Waals surface area contributed by atoms with Gasteiger partial charge in [-0.3, -0.25) is 14.3 Å². The van der Waals surface area contributed by atoms with Crippen LogP contribution >= 0.6 is 0 Å². The zero-order chi connectivity index (χ0) is 20.4. The van der Waals surface area contributed by atoms with E-state index in [4.69, 9.17) is 4.98 Å². The van der Waals surface area contributed by atoms with Gasteiger partial charge in [-0.05, 0) is 31.9 Å². The van der Waals surface area contributed by atoms with Crippen LogP contribution < -0.4 is 10.9 Å². The van der Waals surface area contributed by atoms with Gasteiger partial charge in [-0.1, -0.05) is 31.4 Å². The maximum atomic E-state index is 12.7. The van der Waals surface area contributed by atoms with Crippen molar-refractivity contribution in [1.82, 2.24) is 24.7 Å². The minimum atomic E-state index is -0.0112. The quantitative estimate of drug-likeness (QED) is 0.864. The molecule has 2 aliphatic rings. The number of urea groups is 1. The minimum absolute atomic E-state index is 0.0112. The summed E-state index contributed by atoms with van der Waals surface area (Å²) >= 11 is 0. The summed E-state index contributed by atoms with van der Waals surface area (Å²) in [6.07, 6.45) is 5.92. The second kappa shape index (κ2) is 8.53. The Bertz CT molecular complexity index is 926. The first-order chi connectivity index (χ1) is 14.0. The van der Waals surface area contributed by atoms with Crippen molar-refractivity contribution in [2.75, 3.05) is 26.2 Å². The van der Waals surface area contributed by atoms with Crippen LogP contribution in [-0.4, -0.2) is 57.6 Å². The smallest absolute Gasteiger partial charge is 0.317 e. The van der Waals surface area contributed by atoms with E-state index in [-0.39, 0.29) is 17.6 Å². The molecule has 7 nitrogen and oxygen atoms in total. The summed E-state index contributed by atoms with van der Waals surface area (Å²) in [5.74, 6) is 0.772. The number of nitrogens with one attached hydrogen (secondary N) is 1. The van der Waals surface area contributed by atoms with Gasteiger partial charge < -0.3 is 10.2 Å². The third-order valence-corrected chi connectivity index (χ3v) is 6.47. The third-order valence-electron chi connectivity index (χ3n) is 6.47. The third kappa shape index (κ3) is 4.15. The average Bonchev–Trinajstić information content (AvgIpc) is 2.76. The molecule has 0 radical (unpaired) electrons. The molecule has 2 amide bonds. The van der Waals surface area contributed by atoms with Crippen molar-refractivity contribution in [3.63, 3.8) is 0 Å². The Balaban J connectivity index is 1.41. The highest BCUT2D eigenvalue weighted by molar-refractivity contribution is 5.77. The first-order valence-electron chi connectivity index (χ1n) is 10.8. The van der Waals surface area contributed by atoms with Gasteiger partial charge in [0.05, 0.1) is 16.9 Å². The highest BCUT2D eigenvalue weighted by atomic mass is 16.2. The van der Waals surface area contributed by atoms with Gasteiger partial charge in [-0.2, -0.15) is 0 Å². The van der Waals surface area contributed by atoms with Crippen molar-refractivity contribution in [2.24, 2.45) is 7.05 Å². The van der Waals surface area contributed by atoms with E-state index in [2.05, 4.69) is 17.1 Å². The van der Waals surface area contributed by atoms with Gasteiger partial charge in [0, 0.05) is 39.3 Å². The highest BCUT2D eigenvalue weighted by Crippen LogP contribution is 2.21. The molecular weight excluding hydrogens is 366 g/mol. The molecule has 1 N–H and O–H groups in total. The summed E-state index contributed by atoms with van der Waals surface area (Å²) in [5.41, 5.74) is 0.728. The summed E-state index contributed by atoms with van der Waals surface area (Å²) in [6.45, 7) is 5.05. The van der Waals surface area contributed by atoms with Crippen LogP contribution in [0.25, 0.3) is 10.9 Å². The van der Waals surface area contributed by atoms with E-state index in [1.165, 1.54) is 19.3 Å². The molecule has 1 aliphatic carbocycles. The second-order valence-corrected chi connectivity index (χ2v) is 8.33. The zero-order valence-electron chi connectivity index (χ0n) is 17.4. The van der Waals surface area contributed by atoms with Crippen molar-refractivity contribution >= 4 is 16.9 Å². The van der Waals surface area contributed by atoms with Crippen LogP contribution in [0.3, 0.4) is 0 Å². The summed E-state index contributed by atoms with van der Waals surface area (Å²) in [5, 5.41) is 3.86. The number of hydrogen-bond donors (Lipinski definition) is 1.